The van der Waals surface area contributed by atoms with Crippen molar-refractivity contribution in [3.63, 3.8) is 0 Å². The lowest BCUT2D eigenvalue weighted by molar-refractivity contribution is 0.338. The summed E-state index contributed by atoms with van der Waals surface area (Å²) >= 11 is 1.66. The quantitative estimate of drug-likeness (QED) is 0.581. The van der Waals surface area contributed by atoms with Crippen LogP contribution in [0.2, 0.25) is 0 Å². The van der Waals surface area contributed by atoms with Crippen molar-refractivity contribution < 1.29 is 4.74 Å². The number of hydrogen-bond donors (Lipinski definition) is 0. The first kappa shape index (κ1) is 7.66. The predicted octanol–water partition coefficient (Wildman–Crippen LogP) is 2.03. The summed E-state index contributed by atoms with van der Waals surface area (Å²) in [4.78, 5) is 4.10. The second-order valence-corrected chi connectivity index (χ2v) is 3.02. The summed E-state index contributed by atoms with van der Waals surface area (Å²) in [6, 6.07) is 0. The molecule has 0 saturated heterocycles. The van der Waals surface area contributed by atoms with Gasteiger partial charge in [0.25, 0.3) is 5.23 Å². The first-order valence-corrected chi connectivity index (χ1v) is 4.30. The van der Waals surface area contributed by atoms with Crippen LogP contribution < -0.4 is 0 Å². The SMILES string of the molecule is CCOC1=NC=C(C)CS1. The molecular formula is C7H11NOS. The Morgan fingerprint density at radius 1 is 1.80 bits per heavy atom. The zero-order valence-electron chi connectivity index (χ0n) is 6.26. The van der Waals surface area contributed by atoms with Gasteiger partial charge >= 0.3 is 0 Å². The monoisotopic (exact) mass is 157 g/mol. The average molecular weight is 157 g/mol. The van der Waals surface area contributed by atoms with Gasteiger partial charge in [-0.1, -0.05) is 11.8 Å². The molecule has 0 fully saturated rings. The van der Waals surface area contributed by atoms with E-state index in [1.54, 1.807) is 11.8 Å². The van der Waals surface area contributed by atoms with Gasteiger partial charge in [-0.2, -0.15) is 0 Å². The first-order valence-electron chi connectivity index (χ1n) is 3.32. The van der Waals surface area contributed by atoms with Crippen molar-refractivity contribution >= 4 is 17.0 Å². The topological polar surface area (TPSA) is 21.6 Å². The smallest absolute Gasteiger partial charge is 0.250 e. The van der Waals surface area contributed by atoms with Gasteiger partial charge in [-0.15, -0.1) is 0 Å². The molecular weight excluding hydrogens is 146 g/mol. The third-order valence-corrected chi connectivity index (χ3v) is 2.15. The Balaban J connectivity index is 2.47. The van der Waals surface area contributed by atoms with Crippen LogP contribution in [-0.4, -0.2) is 17.6 Å². The van der Waals surface area contributed by atoms with E-state index in [0.29, 0.717) is 6.61 Å². The van der Waals surface area contributed by atoms with E-state index < -0.39 is 0 Å². The number of nitrogens with zero attached hydrogens (tertiary/aromatic N) is 1. The van der Waals surface area contributed by atoms with Gasteiger partial charge in [-0.05, 0) is 19.4 Å². The van der Waals surface area contributed by atoms with Gasteiger partial charge in [-0.25, -0.2) is 4.99 Å². The molecule has 0 aromatic rings. The molecule has 0 saturated carbocycles. The van der Waals surface area contributed by atoms with Crippen LogP contribution in [0.3, 0.4) is 0 Å². The third kappa shape index (κ3) is 2.06. The van der Waals surface area contributed by atoms with Crippen molar-refractivity contribution in [1.82, 2.24) is 0 Å². The van der Waals surface area contributed by atoms with Gasteiger partial charge in [0.05, 0.1) is 6.61 Å². The molecule has 10 heavy (non-hydrogen) atoms. The minimum atomic E-state index is 0.707. The lowest BCUT2D eigenvalue weighted by Crippen LogP contribution is -2.03. The van der Waals surface area contributed by atoms with Crippen molar-refractivity contribution in [2.24, 2.45) is 4.99 Å². The van der Waals surface area contributed by atoms with Crippen LogP contribution in [0.25, 0.3) is 0 Å². The summed E-state index contributed by atoms with van der Waals surface area (Å²) in [5.41, 5.74) is 1.30. The van der Waals surface area contributed by atoms with Crippen LogP contribution in [-0.2, 0) is 4.74 Å². The lowest BCUT2D eigenvalue weighted by Gasteiger charge is -2.09. The molecule has 0 amide bonds. The zero-order chi connectivity index (χ0) is 7.40. The van der Waals surface area contributed by atoms with Crippen molar-refractivity contribution in [3.05, 3.63) is 11.8 Å². The van der Waals surface area contributed by atoms with Crippen LogP contribution in [0, 0.1) is 0 Å². The van der Waals surface area contributed by atoms with Gasteiger partial charge in [0.1, 0.15) is 0 Å². The second-order valence-electron chi connectivity index (χ2n) is 2.09. The number of ether oxygens (including phenoxy) is 1. The summed E-state index contributed by atoms with van der Waals surface area (Å²) in [7, 11) is 0. The Morgan fingerprint density at radius 2 is 2.60 bits per heavy atom. The molecule has 0 atom stereocenters. The van der Waals surface area contributed by atoms with Crippen LogP contribution >= 0.6 is 11.8 Å². The van der Waals surface area contributed by atoms with Crippen LogP contribution in [0.15, 0.2) is 16.8 Å². The highest BCUT2D eigenvalue weighted by molar-refractivity contribution is 8.13. The molecule has 3 heteroatoms. The highest BCUT2D eigenvalue weighted by atomic mass is 32.2. The van der Waals surface area contributed by atoms with Gasteiger partial charge in [0.2, 0.25) is 0 Å². The van der Waals surface area contributed by atoms with Crippen molar-refractivity contribution in [1.29, 1.82) is 0 Å². The van der Waals surface area contributed by atoms with Crippen molar-refractivity contribution in [3.8, 4) is 0 Å². The maximum absolute atomic E-state index is 5.20. The summed E-state index contributed by atoms with van der Waals surface area (Å²) in [5.74, 6) is 1.01. The van der Waals surface area contributed by atoms with E-state index in [1.807, 2.05) is 13.1 Å². The number of rotatable bonds is 1. The van der Waals surface area contributed by atoms with E-state index in [2.05, 4.69) is 11.9 Å². The Bertz CT molecular complexity index is 170. The highest BCUT2D eigenvalue weighted by Gasteiger charge is 2.04. The lowest BCUT2D eigenvalue weighted by atomic mass is 10.4. The molecule has 56 valence electrons. The fourth-order valence-electron chi connectivity index (χ4n) is 0.615. The predicted molar refractivity (Wildman–Crippen MR) is 45.3 cm³/mol. The molecule has 1 aliphatic rings. The maximum Gasteiger partial charge on any atom is 0.250 e. The summed E-state index contributed by atoms with van der Waals surface area (Å²) in [5, 5.41) is 0.799. The molecule has 0 aromatic heterocycles. The summed E-state index contributed by atoms with van der Waals surface area (Å²) in [6.45, 7) is 4.74. The number of hydrogen-bond acceptors (Lipinski definition) is 3. The molecule has 1 rings (SSSR count). The fraction of sp³-hybridized carbons (Fsp3) is 0.571. The van der Waals surface area contributed by atoms with Crippen LogP contribution in [0.5, 0.6) is 0 Å². The molecule has 0 spiro atoms. The Morgan fingerprint density at radius 3 is 3.10 bits per heavy atom. The highest BCUT2D eigenvalue weighted by Crippen LogP contribution is 2.16. The fourth-order valence-corrected chi connectivity index (χ4v) is 1.37. The summed E-state index contributed by atoms with van der Waals surface area (Å²) < 4.78 is 5.20. The van der Waals surface area contributed by atoms with E-state index in [9.17, 15) is 0 Å². The van der Waals surface area contributed by atoms with E-state index in [4.69, 9.17) is 4.74 Å². The Labute approximate surface area is 65.4 Å². The van der Waals surface area contributed by atoms with E-state index >= 15 is 0 Å². The summed E-state index contributed by atoms with van der Waals surface area (Å²) in [6.07, 6.45) is 1.86. The standard InChI is InChI=1S/C7H11NOS/c1-3-9-7-8-4-6(2)5-10-7/h4H,3,5H2,1-2H3. The van der Waals surface area contributed by atoms with E-state index in [1.165, 1.54) is 5.57 Å². The molecule has 2 nitrogen and oxygen atoms in total. The third-order valence-electron chi connectivity index (χ3n) is 1.08. The molecule has 0 radical (unpaired) electrons. The van der Waals surface area contributed by atoms with Crippen molar-refractivity contribution in [2.45, 2.75) is 13.8 Å². The van der Waals surface area contributed by atoms with Crippen molar-refractivity contribution in [2.75, 3.05) is 12.4 Å². The molecule has 1 aliphatic heterocycles. The molecule has 1 heterocycles. The minimum Gasteiger partial charge on any atom is -0.473 e. The molecule has 0 bridgehead atoms. The van der Waals surface area contributed by atoms with Gasteiger partial charge in [0.15, 0.2) is 0 Å². The van der Waals surface area contributed by atoms with Crippen LogP contribution in [0.4, 0.5) is 0 Å². The molecule has 0 unspecified atom stereocenters. The number of thioether (sulfide) groups is 1. The first-order chi connectivity index (χ1) is 4.83. The average Bonchev–Trinajstić information content (AvgIpc) is 1.95. The van der Waals surface area contributed by atoms with Crippen LogP contribution in [0.1, 0.15) is 13.8 Å². The van der Waals surface area contributed by atoms with E-state index in [-0.39, 0.29) is 0 Å². The van der Waals surface area contributed by atoms with E-state index in [0.717, 1.165) is 11.0 Å². The van der Waals surface area contributed by atoms with Gasteiger partial charge in [0, 0.05) is 12.0 Å². The Hall–Kier alpha value is -0.440. The van der Waals surface area contributed by atoms with Gasteiger partial charge in [-0.3, -0.25) is 0 Å². The molecule has 0 aromatic carbocycles. The van der Waals surface area contributed by atoms with Gasteiger partial charge < -0.3 is 4.74 Å². The zero-order valence-corrected chi connectivity index (χ0v) is 7.07. The minimum absolute atomic E-state index is 0.707. The second kappa shape index (κ2) is 3.66. The normalized spacial score (nSPS) is 17.8. The molecule has 0 N–H and O–H groups in total. The molecule has 0 aliphatic carbocycles. The number of aliphatic imine (C=N–C) groups is 1. The largest absolute Gasteiger partial charge is 0.473 e. The Kier molecular flexibility index (Phi) is 2.81. The maximum atomic E-state index is 5.20.